The van der Waals surface area contributed by atoms with Crippen LogP contribution in [-0.2, 0) is 14.7 Å². The fourth-order valence-corrected chi connectivity index (χ4v) is 2.81. The molecule has 5 heteroatoms. The monoisotopic (exact) mass is 317 g/mol. The number of hydrogen-bond acceptors (Lipinski definition) is 4. The third-order valence-corrected chi connectivity index (χ3v) is 4.99. The summed E-state index contributed by atoms with van der Waals surface area (Å²) in [5, 5.41) is 0. The largest absolute Gasteiger partial charge is 0.514 e. The number of hydrogen-bond donors (Lipinski definition) is 0. The van der Waals surface area contributed by atoms with Crippen molar-refractivity contribution < 1.29 is 14.0 Å². The van der Waals surface area contributed by atoms with Crippen LogP contribution < -0.4 is 10.3 Å². The molecule has 23 heavy (non-hydrogen) atoms. The highest BCUT2D eigenvalue weighted by molar-refractivity contribution is 6.61. The van der Waals surface area contributed by atoms with E-state index in [9.17, 15) is 0 Å². The molecular weight excluding hydrogens is 289 g/mol. The van der Waals surface area contributed by atoms with Gasteiger partial charge in [-0.25, -0.2) is 0 Å². The molecule has 2 fully saturated rings. The van der Waals surface area contributed by atoms with Crippen LogP contribution in [0, 0.1) is 0 Å². The van der Waals surface area contributed by atoms with Crippen LogP contribution >= 0.6 is 0 Å². The van der Waals surface area contributed by atoms with Crippen LogP contribution in [0.1, 0.15) is 66.9 Å². The molecule has 1 aliphatic heterocycles. The zero-order chi connectivity index (χ0) is 17.0. The second kappa shape index (κ2) is 5.22. The van der Waals surface area contributed by atoms with Crippen LogP contribution in [0.25, 0.3) is 0 Å². The van der Waals surface area contributed by atoms with Gasteiger partial charge in [0.05, 0.1) is 22.9 Å². The number of aromatic nitrogens is 1. The second-order valence-corrected chi connectivity index (χ2v) is 8.72. The van der Waals surface area contributed by atoms with Crippen molar-refractivity contribution in [1.29, 1.82) is 0 Å². The lowest BCUT2D eigenvalue weighted by atomic mass is 9.73. The van der Waals surface area contributed by atoms with E-state index in [4.69, 9.17) is 14.0 Å². The van der Waals surface area contributed by atoms with E-state index in [0.717, 1.165) is 29.7 Å². The highest BCUT2D eigenvalue weighted by atomic mass is 16.7. The summed E-state index contributed by atoms with van der Waals surface area (Å²) >= 11 is 0. The van der Waals surface area contributed by atoms with E-state index in [2.05, 4.69) is 53.5 Å². The van der Waals surface area contributed by atoms with E-state index in [0.29, 0.717) is 6.10 Å². The standard InChI is InChI=1S/C18H28BNO3/c1-16(2,3)14-13(21-12-8-9-12)10-11-20-15(14)19-22-17(4,5)18(6,7)23-19/h10-12H,8-9H2,1-7H3. The minimum Gasteiger partial charge on any atom is -0.490 e. The first kappa shape index (κ1) is 16.8. The Kier molecular flexibility index (Phi) is 3.81. The first-order chi connectivity index (χ1) is 10.5. The van der Waals surface area contributed by atoms with E-state index >= 15 is 0 Å². The lowest BCUT2D eigenvalue weighted by Gasteiger charge is -2.32. The average molecular weight is 317 g/mol. The Bertz CT molecular complexity index is 587. The van der Waals surface area contributed by atoms with Gasteiger partial charge >= 0.3 is 7.12 Å². The van der Waals surface area contributed by atoms with Gasteiger partial charge < -0.3 is 14.0 Å². The molecule has 2 aliphatic rings. The summed E-state index contributed by atoms with van der Waals surface area (Å²) in [6.07, 6.45) is 4.42. The number of ether oxygens (including phenoxy) is 1. The van der Waals surface area contributed by atoms with Crippen LogP contribution in [0.5, 0.6) is 5.75 Å². The Morgan fingerprint density at radius 1 is 1.13 bits per heavy atom. The summed E-state index contributed by atoms with van der Waals surface area (Å²) in [6.45, 7) is 14.8. The Morgan fingerprint density at radius 2 is 1.70 bits per heavy atom. The van der Waals surface area contributed by atoms with Crippen LogP contribution in [-0.4, -0.2) is 29.4 Å². The number of pyridine rings is 1. The molecule has 1 saturated heterocycles. The lowest BCUT2D eigenvalue weighted by molar-refractivity contribution is 0.00578. The molecule has 0 bridgehead atoms. The molecule has 3 rings (SSSR count). The maximum Gasteiger partial charge on any atom is 0.514 e. The van der Waals surface area contributed by atoms with Crippen molar-refractivity contribution in [3.63, 3.8) is 0 Å². The summed E-state index contributed by atoms with van der Waals surface area (Å²) in [4.78, 5) is 4.62. The maximum absolute atomic E-state index is 6.22. The molecule has 2 heterocycles. The quantitative estimate of drug-likeness (QED) is 0.803. The molecule has 1 saturated carbocycles. The van der Waals surface area contributed by atoms with Gasteiger partial charge in [0.2, 0.25) is 0 Å². The molecule has 1 aromatic rings. The van der Waals surface area contributed by atoms with Crippen LogP contribution in [0.15, 0.2) is 12.3 Å². The minimum absolute atomic E-state index is 0.0998. The molecule has 126 valence electrons. The highest BCUT2D eigenvalue weighted by Gasteiger charge is 2.53. The minimum atomic E-state index is -0.461. The van der Waals surface area contributed by atoms with Crippen molar-refractivity contribution in [2.24, 2.45) is 0 Å². The Morgan fingerprint density at radius 3 is 2.17 bits per heavy atom. The predicted molar refractivity (Wildman–Crippen MR) is 92.3 cm³/mol. The predicted octanol–water partition coefficient (Wildman–Crippen LogP) is 3.22. The van der Waals surface area contributed by atoms with Gasteiger partial charge in [0.15, 0.2) is 0 Å². The summed E-state index contributed by atoms with van der Waals surface area (Å²) in [5.41, 5.74) is 1.08. The summed E-state index contributed by atoms with van der Waals surface area (Å²) in [6, 6.07) is 1.97. The van der Waals surface area contributed by atoms with Gasteiger partial charge in [0.25, 0.3) is 0 Å². The molecule has 4 nitrogen and oxygen atoms in total. The smallest absolute Gasteiger partial charge is 0.490 e. The SMILES string of the molecule is CC(C)(C)c1c(OC2CC2)ccnc1B1OC(C)(C)C(C)(C)O1. The third-order valence-electron chi connectivity index (χ3n) is 4.99. The molecule has 0 atom stereocenters. The van der Waals surface area contributed by atoms with Gasteiger partial charge in [-0.2, -0.15) is 0 Å². The second-order valence-electron chi connectivity index (χ2n) is 8.72. The molecule has 0 unspecified atom stereocenters. The highest BCUT2D eigenvalue weighted by Crippen LogP contribution is 2.39. The van der Waals surface area contributed by atoms with Crippen molar-refractivity contribution in [1.82, 2.24) is 4.98 Å². The zero-order valence-electron chi connectivity index (χ0n) is 15.4. The summed E-state index contributed by atoms with van der Waals surface area (Å²) in [5.74, 6) is 0.916. The molecule has 0 aromatic carbocycles. The van der Waals surface area contributed by atoms with Crippen LogP contribution in [0.2, 0.25) is 0 Å². The van der Waals surface area contributed by atoms with Crippen molar-refractivity contribution in [3.05, 3.63) is 17.8 Å². The van der Waals surface area contributed by atoms with E-state index in [1.165, 1.54) is 0 Å². The van der Waals surface area contributed by atoms with Gasteiger partial charge in [-0.05, 0) is 52.0 Å². The number of nitrogens with zero attached hydrogens (tertiary/aromatic N) is 1. The van der Waals surface area contributed by atoms with Gasteiger partial charge in [-0.3, -0.25) is 4.98 Å². The third kappa shape index (κ3) is 3.13. The number of rotatable bonds is 3. The van der Waals surface area contributed by atoms with Crippen molar-refractivity contribution in [3.8, 4) is 5.75 Å². The Hall–Kier alpha value is -1.07. The molecule has 0 radical (unpaired) electrons. The van der Waals surface area contributed by atoms with E-state index in [-0.39, 0.29) is 16.6 Å². The molecule has 1 aromatic heterocycles. The van der Waals surface area contributed by atoms with E-state index in [1.54, 1.807) is 6.20 Å². The van der Waals surface area contributed by atoms with Crippen molar-refractivity contribution in [2.75, 3.05) is 0 Å². The summed E-state index contributed by atoms with van der Waals surface area (Å²) < 4.78 is 18.6. The normalized spacial score (nSPS) is 23.2. The molecular formula is C18H28BNO3. The van der Waals surface area contributed by atoms with Gasteiger partial charge in [0.1, 0.15) is 5.75 Å². The molecule has 0 spiro atoms. The van der Waals surface area contributed by atoms with Gasteiger partial charge in [-0.15, -0.1) is 0 Å². The Labute approximate surface area is 140 Å². The van der Waals surface area contributed by atoms with Gasteiger partial charge in [0, 0.05) is 11.8 Å². The Balaban J connectivity index is 2.02. The fraction of sp³-hybridized carbons (Fsp3) is 0.722. The summed E-state index contributed by atoms with van der Waals surface area (Å²) in [7, 11) is -0.461. The topological polar surface area (TPSA) is 40.6 Å². The lowest BCUT2D eigenvalue weighted by Crippen LogP contribution is -2.42. The van der Waals surface area contributed by atoms with Crippen molar-refractivity contribution in [2.45, 2.75) is 84.0 Å². The molecule has 0 amide bonds. The fourth-order valence-electron chi connectivity index (χ4n) is 2.81. The first-order valence-corrected chi connectivity index (χ1v) is 8.53. The molecule has 1 aliphatic carbocycles. The maximum atomic E-state index is 6.22. The molecule has 0 N–H and O–H groups in total. The first-order valence-electron chi connectivity index (χ1n) is 8.53. The van der Waals surface area contributed by atoms with Crippen molar-refractivity contribution >= 4 is 12.7 Å². The van der Waals surface area contributed by atoms with Gasteiger partial charge in [-0.1, -0.05) is 20.8 Å². The zero-order valence-corrected chi connectivity index (χ0v) is 15.4. The van der Waals surface area contributed by atoms with E-state index < -0.39 is 7.12 Å². The van der Waals surface area contributed by atoms with E-state index in [1.807, 2.05) is 6.07 Å². The van der Waals surface area contributed by atoms with Crippen LogP contribution in [0.4, 0.5) is 0 Å². The van der Waals surface area contributed by atoms with Crippen LogP contribution in [0.3, 0.4) is 0 Å². The average Bonchev–Trinajstić information content (AvgIpc) is 3.15.